The van der Waals surface area contributed by atoms with Crippen molar-refractivity contribution in [3.8, 4) is 0 Å². The van der Waals surface area contributed by atoms with Gasteiger partial charge < -0.3 is 9.64 Å². The van der Waals surface area contributed by atoms with Crippen molar-refractivity contribution in [2.24, 2.45) is 0 Å². The molecule has 1 saturated heterocycles. The molecular formula is C15H20N2O4. The molecule has 1 aliphatic rings. The normalized spacial score (nSPS) is 22.1. The van der Waals surface area contributed by atoms with Gasteiger partial charge in [0.05, 0.1) is 12.5 Å². The number of rotatable bonds is 2. The van der Waals surface area contributed by atoms with Crippen molar-refractivity contribution < 1.29 is 14.5 Å². The summed E-state index contributed by atoms with van der Waals surface area (Å²) in [5.74, 6) is -0.297. The van der Waals surface area contributed by atoms with Crippen LogP contribution in [0.1, 0.15) is 32.3 Å². The Morgan fingerprint density at radius 1 is 1.29 bits per heavy atom. The van der Waals surface area contributed by atoms with Gasteiger partial charge in [0.15, 0.2) is 0 Å². The van der Waals surface area contributed by atoms with Crippen molar-refractivity contribution in [2.75, 3.05) is 13.1 Å². The lowest BCUT2D eigenvalue weighted by atomic mass is 9.95. The zero-order chi connectivity index (χ0) is 15.6. The van der Waals surface area contributed by atoms with Crippen molar-refractivity contribution in [3.05, 3.63) is 46.0 Å². The molecule has 0 bridgehead atoms. The van der Waals surface area contributed by atoms with Crippen molar-refractivity contribution in [1.29, 1.82) is 0 Å². The highest BCUT2D eigenvalue weighted by Crippen LogP contribution is 2.30. The Labute approximate surface area is 123 Å². The van der Waals surface area contributed by atoms with Gasteiger partial charge in [-0.2, -0.15) is 0 Å². The highest BCUT2D eigenvalue weighted by Gasteiger charge is 2.44. The van der Waals surface area contributed by atoms with E-state index in [2.05, 4.69) is 0 Å². The van der Waals surface area contributed by atoms with E-state index in [1.54, 1.807) is 20.8 Å². The van der Waals surface area contributed by atoms with Crippen LogP contribution in [0.15, 0.2) is 30.3 Å². The molecule has 0 aliphatic carbocycles. The minimum Gasteiger partial charge on any atom is -0.444 e. The second-order valence-electron chi connectivity index (χ2n) is 6.26. The van der Waals surface area contributed by atoms with E-state index in [0.717, 1.165) is 5.56 Å². The van der Waals surface area contributed by atoms with Gasteiger partial charge in [0.1, 0.15) is 5.60 Å². The fraction of sp³-hybridized carbons (Fsp3) is 0.533. The van der Waals surface area contributed by atoms with Gasteiger partial charge in [0.2, 0.25) is 6.04 Å². The fourth-order valence-corrected chi connectivity index (χ4v) is 2.50. The van der Waals surface area contributed by atoms with Crippen LogP contribution in [0.3, 0.4) is 0 Å². The molecule has 1 aliphatic heterocycles. The first kappa shape index (κ1) is 15.3. The maximum atomic E-state index is 12.1. The molecule has 6 heteroatoms. The van der Waals surface area contributed by atoms with Gasteiger partial charge in [-0.1, -0.05) is 30.3 Å². The maximum Gasteiger partial charge on any atom is 0.410 e. The number of nitro groups is 1. The van der Waals surface area contributed by atoms with Crippen molar-refractivity contribution in [2.45, 2.75) is 38.3 Å². The zero-order valence-electron chi connectivity index (χ0n) is 12.5. The average Bonchev–Trinajstić information content (AvgIpc) is 2.83. The van der Waals surface area contributed by atoms with E-state index in [1.165, 1.54) is 4.90 Å². The third-order valence-electron chi connectivity index (χ3n) is 3.44. The van der Waals surface area contributed by atoms with Crippen LogP contribution in [-0.4, -0.2) is 40.6 Å². The second-order valence-corrected chi connectivity index (χ2v) is 6.26. The highest BCUT2D eigenvalue weighted by molar-refractivity contribution is 5.69. The van der Waals surface area contributed by atoms with Crippen LogP contribution in [0.2, 0.25) is 0 Å². The lowest BCUT2D eigenvalue weighted by molar-refractivity contribution is -0.520. The van der Waals surface area contributed by atoms with E-state index in [9.17, 15) is 14.9 Å². The molecule has 1 aromatic carbocycles. The summed E-state index contributed by atoms with van der Waals surface area (Å²) >= 11 is 0. The number of hydrogen-bond donors (Lipinski definition) is 0. The third kappa shape index (κ3) is 3.71. The number of likely N-dealkylation sites (tertiary alicyclic amines) is 1. The Hall–Kier alpha value is -2.11. The first-order valence-electron chi connectivity index (χ1n) is 6.94. The Balaban J connectivity index is 2.16. The molecule has 0 aromatic heterocycles. The van der Waals surface area contributed by atoms with E-state index in [1.807, 2.05) is 30.3 Å². The molecular weight excluding hydrogens is 272 g/mol. The zero-order valence-corrected chi connectivity index (χ0v) is 12.5. The number of hydrogen-bond acceptors (Lipinski definition) is 4. The molecule has 1 heterocycles. The van der Waals surface area contributed by atoms with Gasteiger partial charge in [0, 0.05) is 11.5 Å². The van der Waals surface area contributed by atoms with E-state index >= 15 is 0 Å². The summed E-state index contributed by atoms with van der Waals surface area (Å²) in [5.41, 5.74) is 0.275. The van der Waals surface area contributed by atoms with E-state index in [4.69, 9.17) is 4.74 Å². The topological polar surface area (TPSA) is 72.7 Å². The van der Waals surface area contributed by atoms with Crippen LogP contribution in [0, 0.1) is 10.1 Å². The predicted octanol–water partition coefficient (Wildman–Crippen LogP) is 2.67. The Morgan fingerprint density at radius 3 is 2.43 bits per heavy atom. The van der Waals surface area contributed by atoms with Crippen molar-refractivity contribution >= 4 is 6.09 Å². The van der Waals surface area contributed by atoms with Gasteiger partial charge in [-0.15, -0.1) is 0 Å². The summed E-state index contributed by atoms with van der Waals surface area (Å²) in [6, 6.07) is 8.50. The number of benzene rings is 1. The van der Waals surface area contributed by atoms with Gasteiger partial charge in [-0.25, -0.2) is 4.79 Å². The smallest absolute Gasteiger partial charge is 0.410 e. The Morgan fingerprint density at radius 2 is 1.90 bits per heavy atom. The summed E-state index contributed by atoms with van der Waals surface area (Å²) in [6.45, 7) is 5.73. The van der Waals surface area contributed by atoms with Gasteiger partial charge in [0.25, 0.3) is 0 Å². The molecule has 21 heavy (non-hydrogen) atoms. The summed E-state index contributed by atoms with van der Waals surface area (Å²) in [4.78, 5) is 24.5. The number of amides is 1. The molecule has 6 nitrogen and oxygen atoms in total. The molecule has 114 valence electrons. The van der Waals surface area contributed by atoms with Crippen LogP contribution in [0.25, 0.3) is 0 Å². The molecule has 2 rings (SSSR count). The SMILES string of the molecule is CC(C)(C)OC(=O)N1CC(c2ccccc2)C([N+](=O)[O-])C1. The fourth-order valence-electron chi connectivity index (χ4n) is 2.50. The van der Waals surface area contributed by atoms with Crippen LogP contribution in [-0.2, 0) is 4.74 Å². The molecule has 0 N–H and O–H groups in total. The molecule has 1 aromatic rings. The van der Waals surface area contributed by atoms with Crippen molar-refractivity contribution in [3.63, 3.8) is 0 Å². The lowest BCUT2D eigenvalue weighted by Crippen LogP contribution is -2.36. The van der Waals surface area contributed by atoms with Gasteiger partial charge in [-0.3, -0.25) is 10.1 Å². The van der Waals surface area contributed by atoms with Gasteiger partial charge >= 0.3 is 6.09 Å². The molecule has 0 radical (unpaired) electrons. The summed E-state index contributed by atoms with van der Waals surface area (Å²) < 4.78 is 5.30. The van der Waals surface area contributed by atoms with Crippen LogP contribution in [0.5, 0.6) is 0 Å². The summed E-state index contributed by atoms with van der Waals surface area (Å²) in [5, 5.41) is 11.3. The summed E-state index contributed by atoms with van der Waals surface area (Å²) in [7, 11) is 0. The monoisotopic (exact) mass is 292 g/mol. The standard InChI is InChI=1S/C15H20N2O4/c1-15(2,3)21-14(18)16-9-12(13(10-16)17(19)20)11-7-5-4-6-8-11/h4-8,12-13H,9-10H2,1-3H3. The number of carbonyl (C=O) groups is 1. The van der Waals surface area contributed by atoms with Crippen LogP contribution >= 0.6 is 0 Å². The minimum absolute atomic E-state index is 0.0848. The number of ether oxygens (including phenoxy) is 1. The average molecular weight is 292 g/mol. The third-order valence-corrected chi connectivity index (χ3v) is 3.44. The quantitative estimate of drug-likeness (QED) is 0.620. The number of carbonyl (C=O) groups excluding carboxylic acids is 1. The lowest BCUT2D eigenvalue weighted by Gasteiger charge is -2.24. The largest absolute Gasteiger partial charge is 0.444 e. The van der Waals surface area contributed by atoms with E-state index < -0.39 is 17.7 Å². The number of nitrogens with zero attached hydrogens (tertiary/aromatic N) is 2. The van der Waals surface area contributed by atoms with E-state index in [0.29, 0.717) is 6.54 Å². The van der Waals surface area contributed by atoms with Crippen LogP contribution in [0.4, 0.5) is 4.79 Å². The maximum absolute atomic E-state index is 12.1. The first-order valence-corrected chi connectivity index (χ1v) is 6.94. The summed E-state index contributed by atoms with van der Waals surface area (Å²) in [6.07, 6.45) is -0.493. The molecule has 2 atom stereocenters. The predicted molar refractivity (Wildman–Crippen MR) is 77.8 cm³/mol. The Bertz CT molecular complexity index is 524. The molecule has 0 saturated carbocycles. The highest BCUT2D eigenvalue weighted by atomic mass is 16.6. The first-order chi connectivity index (χ1) is 9.78. The Kier molecular flexibility index (Phi) is 4.16. The van der Waals surface area contributed by atoms with Gasteiger partial charge in [-0.05, 0) is 26.3 Å². The van der Waals surface area contributed by atoms with Crippen LogP contribution < -0.4 is 0 Å². The molecule has 1 amide bonds. The minimum atomic E-state index is -0.792. The molecule has 1 fully saturated rings. The molecule has 0 spiro atoms. The van der Waals surface area contributed by atoms with Crippen molar-refractivity contribution in [1.82, 2.24) is 4.90 Å². The molecule has 2 unspecified atom stereocenters. The van der Waals surface area contributed by atoms with E-state index in [-0.39, 0.29) is 17.4 Å². The second kappa shape index (κ2) is 5.71.